The summed E-state index contributed by atoms with van der Waals surface area (Å²) in [6.07, 6.45) is 6.04. The maximum Gasteiger partial charge on any atom is 0.340 e. The number of carboxylic acid groups (broad SMARTS) is 1. The van der Waals surface area contributed by atoms with Gasteiger partial charge in [0.25, 0.3) is 5.91 Å². The minimum Gasteiger partial charge on any atom is -0.497 e. The van der Waals surface area contributed by atoms with Gasteiger partial charge in [-0.15, -0.1) is 0 Å². The second-order valence-electron chi connectivity index (χ2n) is 5.66. The molecule has 9 heteroatoms. The number of benzene rings is 1. The van der Waals surface area contributed by atoms with Gasteiger partial charge in [-0.3, -0.25) is 4.79 Å². The zero-order valence-corrected chi connectivity index (χ0v) is 15.5. The Morgan fingerprint density at radius 2 is 2.04 bits per heavy atom. The highest BCUT2D eigenvalue weighted by Crippen LogP contribution is 2.16. The van der Waals surface area contributed by atoms with E-state index in [0.717, 1.165) is 10.5 Å². The van der Waals surface area contributed by atoms with Crippen LogP contribution in [0, 0.1) is 0 Å². The van der Waals surface area contributed by atoms with Crippen molar-refractivity contribution in [3.63, 3.8) is 0 Å². The fourth-order valence-electron chi connectivity index (χ4n) is 2.39. The molecule has 148 valence electrons. The molecule has 2 rings (SSSR count). The number of carboxylic acids is 1. The molecule has 0 saturated carbocycles. The summed E-state index contributed by atoms with van der Waals surface area (Å²) in [7, 11) is 1.57. The summed E-state index contributed by atoms with van der Waals surface area (Å²) >= 11 is 0. The van der Waals surface area contributed by atoms with E-state index in [1.165, 1.54) is 18.6 Å². The molecule has 1 unspecified atom stereocenters. The lowest BCUT2D eigenvalue weighted by Gasteiger charge is -2.25. The molecule has 2 N–H and O–H groups in total. The average molecular weight is 387 g/mol. The highest BCUT2D eigenvalue weighted by atomic mass is 16.5. The van der Waals surface area contributed by atoms with Gasteiger partial charge < -0.3 is 19.5 Å². The molecule has 1 aromatic rings. The molecule has 0 aromatic heterocycles. The summed E-state index contributed by atoms with van der Waals surface area (Å²) in [4.78, 5) is 36.7. The Balaban J connectivity index is 2.04. The predicted molar refractivity (Wildman–Crippen MR) is 100 cm³/mol. The standard InChI is InChI=1S/C19H21N3O6/c1-3-28-19(26)16(18(24)25)22-10-4-5-14(12-22)17(23)21-20-11-13-6-8-15(27-2)9-7-13/h4,6-12,16H,3,5H2,1-2H3,(H,21,23)(H,24,25)/b20-11+. The van der Waals surface area contributed by atoms with E-state index in [9.17, 15) is 19.5 Å². The maximum absolute atomic E-state index is 12.3. The van der Waals surface area contributed by atoms with E-state index < -0.39 is 23.9 Å². The van der Waals surface area contributed by atoms with E-state index in [4.69, 9.17) is 9.47 Å². The zero-order valence-electron chi connectivity index (χ0n) is 15.5. The van der Waals surface area contributed by atoms with E-state index >= 15 is 0 Å². The third-order valence-electron chi connectivity index (χ3n) is 3.75. The van der Waals surface area contributed by atoms with Crippen molar-refractivity contribution in [3.05, 3.63) is 53.9 Å². The molecular formula is C19H21N3O6. The highest BCUT2D eigenvalue weighted by molar-refractivity contribution is 5.99. The molecule has 1 aromatic carbocycles. The van der Waals surface area contributed by atoms with Crippen LogP contribution in [0.2, 0.25) is 0 Å². The number of carbonyl (C=O) groups is 3. The minimum absolute atomic E-state index is 0.0529. The Kier molecular flexibility index (Phi) is 7.32. The van der Waals surface area contributed by atoms with Crippen LogP contribution in [0.4, 0.5) is 0 Å². The monoisotopic (exact) mass is 387 g/mol. The quantitative estimate of drug-likeness (QED) is 0.298. The first-order valence-electron chi connectivity index (χ1n) is 8.48. The third kappa shape index (κ3) is 5.44. The van der Waals surface area contributed by atoms with Crippen LogP contribution in [0.5, 0.6) is 5.75 Å². The van der Waals surface area contributed by atoms with Crippen LogP contribution < -0.4 is 10.2 Å². The van der Waals surface area contributed by atoms with Crippen molar-refractivity contribution in [1.29, 1.82) is 0 Å². The topological polar surface area (TPSA) is 118 Å². The molecule has 0 spiro atoms. The van der Waals surface area contributed by atoms with Crippen molar-refractivity contribution in [2.75, 3.05) is 13.7 Å². The van der Waals surface area contributed by atoms with Gasteiger partial charge in [0.2, 0.25) is 6.04 Å². The van der Waals surface area contributed by atoms with Crippen LogP contribution in [0.25, 0.3) is 0 Å². The predicted octanol–water partition coefficient (Wildman–Crippen LogP) is 1.26. The Bertz CT molecular complexity index is 813. The number of ether oxygens (including phenoxy) is 2. The summed E-state index contributed by atoms with van der Waals surface area (Å²) in [6.45, 7) is 1.63. The molecule has 0 bridgehead atoms. The number of allylic oxidation sites excluding steroid dienone is 1. The third-order valence-corrected chi connectivity index (χ3v) is 3.75. The molecule has 0 radical (unpaired) electrons. The normalized spacial score (nSPS) is 14.4. The molecule has 0 fully saturated rings. The number of methoxy groups -OCH3 is 1. The minimum atomic E-state index is -1.57. The second-order valence-corrected chi connectivity index (χ2v) is 5.66. The van der Waals surface area contributed by atoms with Gasteiger partial charge in [0.05, 0.1) is 19.9 Å². The van der Waals surface area contributed by atoms with E-state index in [0.29, 0.717) is 5.75 Å². The second kappa shape index (κ2) is 9.91. The van der Waals surface area contributed by atoms with Crippen molar-refractivity contribution in [1.82, 2.24) is 10.3 Å². The van der Waals surface area contributed by atoms with Crippen LogP contribution in [-0.2, 0) is 19.1 Å². The molecular weight excluding hydrogens is 366 g/mol. The molecule has 0 aliphatic carbocycles. The summed E-state index contributed by atoms with van der Waals surface area (Å²) in [5.41, 5.74) is 3.39. The number of hydrazone groups is 1. The summed E-state index contributed by atoms with van der Waals surface area (Å²) in [6, 6.07) is 5.50. The van der Waals surface area contributed by atoms with E-state index in [2.05, 4.69) is 10.5 Å². The molecule has 1 aliphatic heterocycles. The van der Waals surface area contributed by atoms with Gasteiger partial charge in [0.15, 0.2) is 0 Å². The summed E-state index contributed by atoms with van der Waals surface area (Å²) < 4.78 is 9.85. The number of nitrogens with one attached hydrogen (secondary N) is 1. The number of amides is 1. The summed E-state index contributed by atoms with van der Waals surface area (Å²) in [5.74, 6) is -2.09. The maximum atomic E-state index is 12.3. The van der Waals surface area contributed by atoms with Crippen LogP contribution in [-0.4, -0.2) is 53.8 Å². The fraction of sp³-hybridized carbons (Fsp3) is 0.263. The van der Waals surface area contributed by atoms with E-state index in [-0.39, 0.29) is 18.6 Å². The van der Waals surface area contributed by atoms with Gasteiger partial charge in [-0.2, -0.15) is 5.10 Å². The number of aliphatic carboxylic acids is 1. The fourth-order valence-corrected chi connectivity index (χ4v) is 2.39. The number of esters is 1. The van der Waals surface area contributed by atoms with Gasteiger partial charge >= 0.3 is 11.9 Å². The van der Waals surface area contributed by atoms with Crippen molar-refractivity contribution >= 4 is 24.1 Å². The van der Waals surface area contributed by atoms with E-state index in [1.807, 2.05) is 0 Å². The molecule has 0 saturated heterocycles. The number of nitrogens with zero attached hydrogens (tertiary/aromatic N) is 2. The lowest BCUT2D eigenvalue weighted by molar-refractivity contribution is -0.157. The number of carbonyl (C=O) groups excluding carboxylic acids is 2. The highest BCUT2D eigenvalue weighted by Gasteiger charge is 2.33. The van der Waals surface area contributed by atoms with Gasteiger partial charge in [-0.1, -0.05) is 6.08 Å². The van der Waals surface area contributed by atoms with Gasteiger partial charge in [-0.05, 0) is 43.2 Å². The molecule has 1 amide bonds. The van der Waals surface area contributed by atoms with Crippen molar-refractivity contribution < 1.29 is 29.0 Å². The number of hydrogen-bond donors (Lipinski definition) is 2. The molecule has 1 atom stereocenters. The number of rotatable bonds is 8. The first-order chi connectivity index (χ1) is 13.5. The zero-order chi connectivity index (χ0) is 20.5. The Morgan fingerprint density at radius 1 is 1.32 bits per heavy atom. The van der Waals surface area contributed by atoms with Crippen LogP contribution in [0.15, 0.2) is 53.4 Å². The van der Waals surface area contributed by atoms with Crippen molar-refractivity contribution in [3.8, 4) is 5.75 Å². The van der Waals surface area contributed by atoms with Gasteiger partial charge in [0.1, 0.15) is 5.75 Å². The largest absolute Gasteiger partial charge is 0.497 e. The molecule has 28 heavy (non-hydrogen) atoms. The first-order valence-corrected chi connectivity index (χ1v) is 8.48. The smallest absolute Gasteiger partial charge is 0.340 e. The van der Waals surface area contributed by atoms with Gasteiger partial charge in [-0.25, -0.2) is 15.0 Å². The Morgan fingerprint density at radius 3 is 2.64 bits per heavy atom. The first kappa shape index (κ1) is 20.7. The van der Waals surface area contributed by atoms with Crippen molar-refractivity contribution in [2.24, 2.45) is 5.10 Å². The van der Waals surface area contributed by atoms with Crippen molar-refractivity contribution in [2.45, 2.75) is 19.4 Å². The van der Waals surface area contributed by atoms with Crippen LogP contribution in [0.1, 0.15) is 18.9 Å². The number of hydrogen-bond acceptors (Lipinski definition) is 7. The lowest BCUT2D eigenvalue weighted by atomic mass is 10.1. The summed E-state index contributed by atoms with van der Waals surface area (Å²) in [5, 5.41) is 13.2. The molecule has 1 heterocycles. The molecule has 1 aliphatic rings. The van der Waals surface area contributed by atoms with Crippen LogP contribution in [0.3, 0.4) is 0 Å². The lowest BCUT2D eigenvalue weighted by Crippen LogP contribution is -2.43. The van der Waals surface area contributed by atoms with E-state index in [1.54, 1.807) is 44.4 Å². The Labute approximate surface area is 161 Å². The molecule has 9 nitrogen and oxygen atoms in total. The SMILES string of the molecule is CCOC(=O)C(C(=O)O)N1C=CCC(C(=O)N/N=C/c2ccc(OC)cc2)=C1. The Hall–Kier alpha value is -3.62. The van der Waals surface area contributed by atoms with Gasteiger partial charge in [0, 0.05) is 18.0 Å². The van der Waals surface area contributed by atoms with Crippen LogP contribution >= 0.6 is 0 Å². The average Bonchev–Trinajstić information content (AvgIpc) is 2.68.